The molecule has 0 bridgehead atoms. The predicted octanol–water partition coefficient (Wildman–Crippen LogP) is 1.76. The van der Waals surface area contributed by atoms with E-state index in [0.29, 0.717) is 31.4 Å². The highest BCUT2D eigenvalue weighted by atomic mass is 16.5. The minimum absolute atomic E-state index is 0.192. The number of hydrogen-bond donors (Lipinski definition) is 0. The minimum atomic E-state index is -0.375. The molecule has 0 amide bonds. The Morgan fingerprint density at radius 2 is 2.21 bits per heavy atom. The molecule has 2 rings (SSSR count). The number of hydrogen-bond acceptors (Lipinski definition) is 5. The normalized spacial score (nSPS) is 14.9. The fraction of sp³-hybridized carbons (Fsp3) is 0.769. The van der Waals surface area contributed by atoms with Crippen molar-refractivity contribution in [2.75, 3.05) is 13.2 Å². The summed E-state index contributed by atoms with van der Waals surface area (Å²) in [6.45, 7) is 7.32. The zero-order valence-corrected chi connectivity index (χ0v) is 11.8. The van der Waals surface area contributed by atoms with Crippen LogP contribution in [0.5, 0.6) is 0 Å². The first-order valence-corrected chi connectivity index (χ1v) is 6.85. The zero-order chi connectivity index (χ0) is 13.8. The molecule has 0 N–H and O–H groups in total. The predicted molar refractivity (Wildman–Crippen MR) is 69.0 cm³/mol. The third-order valence-corrected chi connectivity index (χ3v) is 2.96. The number of carbonyl (C=O) groups excluding carboxylic acids is 1. The fourth-order valence-electron chi connectivity index (χ4n) is 1.97. The van der Waals surface area contributed by atoms with E-state index in [1.165, 1.54) is 0 Å². The first kappa shape index (κ1) is 14.0. The maximum Gasteiger partial charge on any atom is 0.360 e. The molecule has 0 spiro atoms. The molecule has 0 aromatic carbocycles. The topological polar surface area (TPSA) is 66.2 Å². The van der Waals surface area contributed by atoms with Gasteiger partial charge in [-0.05, 0) is 33.6 Å². The van der Waals surface area contributed by atoms with Crippen LogP contribution in [-0.2, 0) is 16.0 Å². The SMILES string of the molecule is CCOC(=O)c1nnn(CCOC(C)C)c1C1CC1. The Bertz CT molecular complexity index is 438. The van der Waals surface area contributed by atoms with Crippen molar-refractivity contribution in [3.63, 3.8) is 0 Å². The Morgan fingerprint density at radius 1 is 1.47 bits per heavy atom. The molecular formula is C13H21N3O3. The van der Waals surface area contributed by atoms with Crippen molar-refractivity contribution in [2.45, 2.75) is 52.2 Å². The van der Waals surface area contributed by atoms with Crippen LogP contribution >= 0.6 is 0 Å². The summed E-state index contributed by atoms with van der Waals surface area (Å²) in [4.78, 5) is 11.8. The van der Waals surface area contributed by atoms with Crippen molar-refractivity contribution in [1.82, 2.24) is 15.0 Å². The van der Waals surface area contributed by atoms with Gasteiger partial charge in [0, 0.05) is 5.92 Å². The second-order valence-corrected chi connectivity index (χ2v) is 4.96. The lowest BCUT2D eigenvalue weighted by Crippen LogP contribution is -2.14. The van der Waals surface area contributed by atoms with Crippen molar-refractivity contribution in [2.24, 2.45) is 0 Å². The molecule has 1 heterocycles. The summed E-state index contributed by atoms with van der Waals surface area (Å²) in [5.74, 6) is 0.0221. The number of ether oxygens (including phenoxy) is 2. The second kappa shape index (κ2) is 6.14. The number of aromatic nitrogens is 3. The Hall–Kier alpha value is -1.43. The lowest BCUT2D eigenvalue weighted by molar-refractivity contribution is 0.0517. The monoisotopic (exact) mass is 267 g/mol. The van der Waals surface area contributed by atoms with E-state index in [1.54, 1.807) is 11.6 Å². The summed E-state index contributed by atoms with van der Waals surface area (Å²) in [5.41, 5.74) is 1.28. The van der Waals surface area contributed by atoms with Gasteiger partial charge < -0.3 is 9.47 Å². The molecule has 0 saturated heterocycles. The van der Waals surface area contributed by atoms with Crippen LogP contribution in [0.2, 0.25) is 0 Å². The highest BCUT2D eigenvalue weighted by Crippen LogP contribution is 2.41. The van der Waals surface area contributed by atoms with E-state index in [1.807, 2.05) is 13.8 Å². The number of rotatable bonds is 7. The molecule has 1 aromatic heterocycles. The number of carbonyl (C=O) groups is 1. The highest BCUT2D eigenvalue weighted by molar-refractivity contribution is 5.88. The molecule has 0 radical (unpaired) electrons. The van der Waals surface area contributed by atoms with Gasteiger partial charge in [-0.3, -0.25) is 0 Å². The Kier molecular flexibility index (Phi) is 4.52. The summed E-state index contributed by atoms with van der Waals surface area (Å²) in [5, 5.41) is 8.04. The van der Waals surface area contributed by atoms with Crippen molar-refractivity contribution >= 4 is 5.97 Å². The van der Waals surface area contributed by atoms with Gasteiger partial charge in [-0.2, -0.15) is 0 Å². The van der Waals surface area contributed by atoms with E-state index in [4.69, 9.17) is 9.47 Å². The third-order valence-electron chi connectivity index (χ3n) is 2.96. The van der Waals surface area contributed by atoms with Gasteiger partial charge in [-0.1, -0.05) is 5.21 Å². The fourth-order valence-corrected chi connectivity index (χ4v) is 1.97. The van der Waals surface area contributed by atoms with E-state index < -0.39 is 0 Å². The molecule has 0 aliphatic heterocycles. The molecule has 0 unspecified atom stereocenters. The van der Waals surface area contributed by atoms with Crippen LogP contribution in [0.25, 0.3) is 0 Å². The van der Waals surface area contributed by atoms with Crippen LogP contribution in [0.3, 0.4) is 0 Å². The van der Waals surface area contributed by atoms with Gasteiger partial charge in [-0.15, -0.1) is 5.10 Å². The maximum atomic E-state index is 11.8. The lowest BCUT2D eigenvalue weighted by Gasteiger charge is -2.09. The smallest absolute Gasteiger partial charge is 0.360 e. The second-order valence-electron chi connectivity index (χ2n) is 4.96. The van der Waals surface area contributed by atoms with Crippen molar-refractivity contribution in [3.8, 4) is 0 Å². The van der Waals surface area contributed by atoms with Gasteiger partial charge >= 0.3 is 5.97 Å². The molecule has 1 aliphatic rings. The highest BCUT2D eigenvalue weighted by Gasteiger charge is 2.34. The van der Waals surface area contributed by atoms with Crippen molar-refractivity contribution in [1.29, 1.82) is 0 Å². The summed E-state index contributed by atoms with van der Waals surface area (Å²) < 4.78 is 12.3. The van der Waals surface area contributed by atoms with Crippen molar-refractivity contribution in [3.05, 3.63) is 11.4 Å². The van der Waals surface area contributed by atoms with Gasteiger partial charge in [-0.25, -0.2) is 9.48 Å². The van der Waals surface area contributed by atoms with Gasteiger partial charge in [0.15, 0.2) is 5.69 Å². The summed E-state index contributed by atoms with van der Waals surface area (Å²) in [6.07, 6.45) is 2.37. The number of nitrogens with zero attached hydrogens (tertiary/aromatic N) is 3. The minimum Gasteiger partial charge on any atom is -0.461 e. The van der Waals surface area contributed by atoms with Crippen LogP contribution in [0.1, 0.15) is 55.7 Å². The van der Waals surface area contributed by atoms with Gasteiger partial charge in [0.1, 0.15) is 0 Å². The third kappa shape index (κ3) is 3.53. The van der Waals surface area contributed by atoms with Crippen molar-refractivity contribution < 1.29 is 14.3 Å². The molecule has 1 aliphatic carbocycles. The van der Waals surface area contributed by atoms with Crippen LogP contribution in [0.15, 0.2) is 0 Å². The average Bonchev–Trinajstić information content (AvgIpc) is 3.10. The molecule has 0 atom stereocenters. The summed E-state index contributed by atoms with van der Waals surface area (Å²) in [6, 6.07) is 0. The summed E-state index contributed by atoms with van der Waals surface area (Å²) in [7, 11) is 0. The first-order valence-electron chi connectivity index (χ1n) is 6.85. The number of esters is 1. The van der Waals surface area contributed by atoms with Crippen LogP contribution in [0.4, 0.5) is 0 Å². The Balaban J connectivity index is 2.08. The molecule has 19 heavy (non-hydrogen) atoms. The van der Waals surface area contributed by atoms with Gasteiger partial charge in [0.05, 0.1) is 31.6 Å². The van der Waals surface area contributed by atoms with Crippen LogP contribution < -0.4 is 0 Å². The Labute approximate surface area is 113 Å². The van der Waals surface area contributed by atoms with E-state index in [9.17, 15) is 4.79 Å². The van der Waals surface area contributed by atoms with Gasteiger partial charge in [0.2, 0.25) is 0 Å². The summed E-state index contributed by atoms with van der Waals surface area (Å²) >= 11 is 0. The standard InChI is InChI=1S/C13H21N3O3/c1-4-18-13(17)11-12(10-5-6-10)16(15-14-11)7-8-19-9(2)3/h9-10H,4-8H2,1-3H3. The quantitative estimate of drug-likeness (QED) is 0.704. The average molecular weight is 267 g/mol. The molecule has 1 aromatic rings. The molecule has 1 fully saturated rings. The van der Waals surface area contributed by atoms with Crippen LogP contribution in [-0.4, -0.2) is 40.3 Å². The Morgan fingerprint density at radius 3 is 2.79 bits per heavy atom. The molecule has 6 nitrogen and oxygen atoms in total. The maximum absolute atomic E-state index is 11.8. The van der Waals surface area contributed by atoms with E-state index in [0.717, 1.165) is 18.5 Å². The lowest BCUT2D eigenvalue weighted by atomic mass is 10.2. The van der Waals surface area contributed by atoms with Gasteiger partial charge in [0.25, 0.3) is 0 Å². The molecular weight excluding hydrogens is 246 g/mol. The van der Waals surface area contributed by atoms with Crippen LogP contribution in [0, 0.1) is 0 Å². The molecule has 106 valence electrons. The zero-order valence-electron chi connectivity index (χ0n) is 11.8. The molecule has 1 saturated carbocycles. The van der Waals surface area contributed by atoms with E-state index >= 15 is 0 Å². The largest absolute Gasteiger partial charge is 0.461 e. The van der Waals surface area contributed by atoms with E-state index in [2.05, 4.69) is 10.3 Å². The molecule has 6 heteroatoms. The van der Waals surface area contributed by atoms with E-state index in [-0.39, 0.29) is 12.1 Å². The first-order chi connectivity index (χ1) is 9.13.